The largest absolute Gasteiger partial charge is 0.459 e. The van der Waals surface area contributed by atoms with Gasteiger partial charge < -0.3 is 20.1 Å². The number of halogens is 15. The van der Waals surface area contributed by atoms with Gasteiger partial charge in [0.05, 0.1) is 23.5 Å². The first-order chi connectivity index (χ1) is 33.1. The van der Waals surface area contributed by atoms with Gasteiger partial charge in [0, 0.05) is 73.2 Å². The van der Waals surface area contributed by atoms with Crippen LogP contribution in [0, 0.1) is 11.3 Å². The van der Waals surface area contributed by atoms with Gasteiger partial charge in [-0.1, -0.05) is 11.6 Å². The van der Waals surface area contributed by atoms with E-state index in [1.54, 1.807) is 6.07 Å². The molecule has 32 heteroatoms. The van der Waals surface area contributed by atoms with Crippen molar-refractivity contribution < 1.29 is 80.5 Å². The number of nitrogens with one attached hydrogen (secondary N) is 2. The van der Waals surface area contributed by atoms with E-state index in [-0.39, 0.29) is 56.3 Å². The fraction of sp³-hybridized carbons (Fsp3) is 0.359. The first-order valence-electron chi connectivity index (χ1n) is 19.8. The number of ether oxygens (including phenoxy) is 2. The van der Waals surface area contributed by atoms with Gasteiger partial charge in [0.25, 0.3) is 11.8 Å². The predicted octanol–water partition coefficient (Wildman–Crippen LogP) is 8.16. The Hall–Kier alpha value is -7.52. The van der Waals surface area contributed by atoms with Gasteiger partial charge in [-0.05, 0) is 37.8 Å². The molecule has 8 rings (SSSR count). The molecule has 0 aliphatic heterocycles. The van der Waals surface area contributed by atoms with E-state index in [0.717, 1.165) is 69.2 Å². The molecular formula is C39H28ClF14N13O4. The monoisotopic (exact) mass is 1040 g/mol. The Kier molecular flexibility index (Phi) is 13.7. The van der Waals surface area contributed by atoms with Gasteiger partial charge in [0.15, 0.2) is 40.2 Å². The third-order valence-corrected chi connectivity index (χ3v) is 10.4. The first-order valence-corrected chi connectivity index (χ1v) is 20.2. The van der Waals surface area contributed by atoms with Crippen LogP contribution in [0.3, 0.4) is 0 Å². The molecule has 6 aromatic heterocycles. The predicted molar refractivity (Wildman–Crippen MR) is 211 cm³/mol. The van der Waals surface area contributed by atoms with E-state index in [1.807, 2.05) is 0 Å². The lowest BCUT2D eigenvalue weighted by Gasteiger charge is -2.18. The van der Waals surface area contributed by atoms with Gasteiger partial charge in [-0.3, -0.25) is 9.59 Å². The highest BCUT2D eigenvalue weighted by atomic mass is 35.5. The van der Waals surface area contributed by atoms with E-state index in [0.29, 0.717) is 14.0 Å². The van der Waals surface area contributed by atoms with Crippen LogP contribution in [0.25, 0.3) is 33.9 Å². The average Bonchev–Trinajstić information content (AvgIpc) is 4.08. The van der Waals surface area contributed by atoms with Gasteiger partial charge in [0.2, 0.25) is 0 Å². The van der Waals surface area contributed by atoms with Gasteiger partial charge in [-0.25, -0.2) is 28.7 Å². The zero-order valence-electron chi connectivity index (χ0n) is 35.5. The van der Waals surface area contributed by atoms with Gasteiger partial charge >= 0.3 is 37.4 Å². The van der Waals surface area contributed by atoms with Crippen LogP contribution in [0.1, 0.15) is 63.5 Å². The zero-order valence-corrected chi connectivity index (χ0v) is 36.2. The number of aromatic nitrogens is 10. The lowest BCUT2D eigenvalue weighted by atomic mass is 10.1. The molecule has 0 unspecified atom stereocenters. The van der Waals surface area contributed by atoms with Crippen LogP contribution >= 0.6 is 11.6 Å². The molecule has 2 aliphatic carbocycles. The number of alkyl halides is 14. The van der Waals surface area contributed by atoms with E-state index >= 15 is 0 Å². The van der Waals surface area contributed by atoms with Crippen molar-refractivity contribution in [2.24, 2.45) is 14.1 Å². The minimum absolute atomic E-state index is 0.0161. The molecule has 2 amide bonds. The number of aryl methyl sites for hydroxylation is 2. The third-order valence-electron chi connectivity index (χ3n) is 10.1. The van der Waals surface area contributed by atoms with Crippen molar-refractivity contribution in [3.8, 4) is 51.5 Å². The fourth-order valence-corrected chi connectivity index (χ4v) is 6.57. The molecule has 2 N–H and O–H groups in total. The average molecular weight is 1040 g/mol. The molecule has 0 bridgehead atoms. The molecule has 71 heavy (non-hydrogen) atoms. The van der Waals surface area contributed by atoms with Crippen molar-refractivity contribution in [1.29, 1.82) is 5.26 Å². The minimum Gasteiger partial charge on any atom is -0.428 e. The van der Waals surface area contributed by atoms with Crippen molar-refractivity contribution in [3.05, 3.63) is 82.7 Å². The smallest absolute Gasteiger partial charge is 0.428 e. The summed E-state index contributed by atoms with van der Waals surface area (Å²) < 4.78 is 196. The molecule has 0 spiro atoms. The van der Waals surface area contributed by atoms with Gasteiger partial charge in [0.1, 0.15) is 11.2 Å². The van der Waals surface area contributed by atoms with E-state index in [4.69, 9.17) is 11.6 Å². The molecule has 2 aliphatic rings. The van der Waals surface area contributed by atoms with Crippen LogP contribution in [0.4, 0.5) is 61.5 Å². The van der Waals surface area contributed by atoms with Crippen LogP contribution in [0.15, 0.2) is 49.3 Å². The molecule has 2 saturated carbocycles. The maximum absolute atomic E-state index is 14.0. The highest BCUT2D eigenvalue weighted by molar-refractivity contribution is 6.32. The Morgan fingerprint density at radius 3 is 1.44 bits per heavy atom. The second-order valence-corrected chi connectivity index (χ2v) is 15.6. The van der Waals surface area contributed by atoms with Crippen LogP contribution in [-0.4, -0.2) is 98.6 Å². The molecule has 0 atom stereocenters. The molecule has 6 heterocycles. The molecule has 0 aromatic carbocycles. The summed E-state index contributed by atoms with van der Waals surface area (Å²) in [5, 5.41) is 28.5. The standard InChI is InChI=1S/C20H14F7N7O2.C19H14ClF7N6O2/c1-33-17(14(36-18(21)22)15(32-33)19(23,24)20(25,26)27)34-8-10(7-30-34)9-4-12(13(5-28)29-6-9)16(35)31-11-2-3-11;1-32-16(12(35-17(21)22)13(31-32)18(23,24)19(25,26)27)33-7-9(6-29-33)8-4-11(14(20)28-5-8)15(34)30-10-2-3-10/h4,6-8,11,18H,2-3H2,1H3,(H,31,35);4-7,10,17H,2-3H2,1H3,(H,30,34). The number of pyridine rings is 2. The highest BCUT2D eigenvalue weighted by Crippen LogP contribution is 2.50. The van der Waals surface area contributed by atoms with Gasteiger partial charge in [-0.2, -0.15) is 87.1 Å². The number of hydrogen-bond donors (Lipinski definition) is 2. The molecular weight excluding hydrogens is 1020 g/mol. The Morgan fingerprint density at radius 1 is 0.662 bits per heavy atom. The summed E-state index contributed by atoms with van der Waals surface area (Å²) in [6, 6.07) is 4.49. The number of amides is 2. The Balaban J connectivity index is 0.000000209. The van der Waals surface area contributed by atoms with Crippen LogP contribution in [0.2, 0.25) is 5.15 Å². The summed E-state index contributed by atoms with van der Waals surface area (Å²) in [7, 11) is 1.89. The number of rotatable bonds is 14. The number of hydrogen-bond acceptors (Lipinski definition) is 11. The summed E-state index contributed by atoms with van der Waals surface area (Å²) >= 11 is 6.00. The lowest BCUT2D eigenvalue weighted by Crippen LogP contribution is -2.34. The first kappa shape index (κ1) is 51.3. The maximum Gasteiger partial charge on any atom is 0.459 e. The van der Waals surface area contributed by atoms with Crippen molar-refractivity contribution in [3.63, 3.8) is 0 Å². The molecule has 378 valence electrons. The van der Waals surface area contributed by atoms with E-state index in [9.17, 15) is 76.3 Å². The summed E-state index contributed by atoms with van der Waals surface area (Å²) in [4.78, 5) is 32.7. The Labute approximate surface area is 391 Å². The Bertz CT molecular complexity index is 3020. The van der Waals surface area contributed by atoms with Crippen LogP contribution < -0.4 is 20.1 Å². The van der Waals surface area contributed by atoms with Crippen molar-refractivity contribution in [2.45, 2.75) is 75.2 Å². The zero-order chi connectivity index (χ0) is 52.1. The number of nitrogens with zero attached hydrogens (tertiary/aromatic N) is 11. The normalized spacial score (nSPS) is 14.3. The SMILES string of the molecule is Cn1nc(C(F)(F)C(F)(F)F)c(OC(F)F)c1-n1cc(-c2cnc(C#N)c(C(=O)NC3CC3)c2)cn1.Cn1nc(C(F)(F)C(F)(F)F)c(OC(F)F)c1-n1cc(-c2cnc(Cl)c(C(=O)NC3CC3)c2)cn1. The number of carbonyl (C=O) groups excluding carboxylic acids is 2. The van der Waals surface area contributed by atoms with Crippen molar-refractivity contribution in [2.75, 3.05) is 0 Å². The quantitative estimate of drug-likeness (QED) is 0.0789. The van der Waals surface area contributed by atoms with Crippen LogP contribution in [0.5, 0.6) is 11.5 Å². The van der Waals surface area contributed by atoms with E-state index in [2.05, 4.69) is 50.5 Å². The number of nitriles is 1. The summed E-state index contributed by atoms with van der Waals surface area (Å²) in [5.41, 5.74) is -3.41. The molecule has 0 radical (unpaired) electrons. The maximum atomic E-state index is 14.0. The van der Waals surface area contributed by atoms with E-state index in [1.165, 1.54) is 24.5 Å². The summed E-state index contributed by atoms with van der Waals surface area (Å²) in [6.45, 7) is -7.48. The lowest BCUT2D eigenvalue weighted by molar-refractivity contribution is -0.291. The van der Waals surface area contributed by atoms with Gasteiger partial charge in [-0.15, -0.1) is 0 Å². The van der Waals surface area contributed by atoms with Crippen LogP contribution in [-0.2, 0) is 25.9 Å². The minimum atomic E-state index is -6.14. The molecule has 0 saturated heterocycles. The van der Waals surface area contributed by atoms with Crippen molar-refractivity contribution >= 4 is 23.4 Å². The van der Waals surface area contributed by atoms with E-state index < -0.39 is 83.8 Å². The highest BCUT2D eigenvalue weighted by Gasteiger charge is 2.64. The molecule has 17 nitrogen and oxygen atoms in total. The summed E-state index contributed by atoms with van der Waals surface area (Å²) in [5.74, 6) is -16.7. The molecule has 2 fully saturated rings. The molecule has 6 aromatic rings. The fourth-order valence-electron chi connectivity index (χ4n) is 6.38. The Morgan fingerprint density at radius 2 is 1.06 bits per heavy atom. The third kappa shape index (κ3) is 10.7. The number of carbonyl (C=O) groups is 2. The second kappa shape index (κ2) is 19.0. The summed E-state index contributed by atoms with van der Waals surface area (Å²) in [6.07, 6.45) is -2.08. The van der Waals surface area contributed by atoms with Crippen molar-refractivity contribution in [1.82, 2.24) is 59.7 Å². The topological polar surface area (TPSA) is 198 Å². The second-order valence-electron chi connectivity index (χ2n) is 15.3.